The Morgan fingerprint density at radius 3 is 2.24 bits per heavy atom. The fraction of sp³-hybridized carbons (Fsp3) is 0.909. The van der Waals surface area contributed by atoms with Crippen molar-refractivity contribution in [3.05, 3.63) is 0 Å². The fourth-order valence-electron chi connectivity index (χ4n) is 1.98. The van der Waals surface area contributed by atoms with E-state index in [1.807, 2.05) is 13.8 Å². The smallest absolute Gasteiger partial charge is 0.262 e. The van der Waals surface area contributed by atoms with E-state index in [0.717, 1.165) is 12.8 Å². The molecule has 17 heavy (non-hydrogen) atoms. The van der Waals surface area contributed by atoms with Crippen molar-refractivity contribution in [3.8, 4) is 0 Å². The van der Waals surface area contributed by atoms with Gasteiger partial charge in [0, 0.05) is 19.5 Å². The second-order valence-electron chi connectivity index (χ2n) is 4.32. The second-order valence-corrected chi connectivity index (χ2v) is 4.32. The molecule has 1 rings (SSSR count). The van der Waals surface area contributed by atoms with E-state index >= 15 is 0 Å². The molecule has 102 valence electrons. The number of carbonyl (C=O) groups excluding carboxylic acids is 1. The highest BCUT2D eigenvalue weighted by Crippen LogP contribution is 2.26. The fourth-order valence-corrected chi connectivity index (χ4v) is 1.98. The van der Waals surface area contributed by atoms with Gasteiger partial charge in [0.25, 0.3) is 5.92 Å². The molecule has 1 saturated heterocycles. The first-order valence-electron chi connectivity index (χ1n) is 5.90. The zero-order valence-corrected chi connectivity index (χ0v) is 11.2. The summed E-state index contributed by atoms with van der Waals surface area (Å²) in [5.74, 6) is -2.91. The Balaban J connectivity index is 0.00000256. The second kappa shape index (κ2) is 7.11. The zero-order chi connectivity index (χ0) is 12.2. The molecule has 1 amide bonds. The van der Waals surface area contributed by atoms with Crippen LogP contribution < -0.4 is 5.32 Å². The summed E-state index contributed by atoms with van der Waals surface area (Å²) in [7, 11) is 0. The molecule has 0 radical (unpaired) electrons. The highest BCUT2D eigenvalue weighted by Gasteiger charge is 2.43. The molecule has 1 N–H and O–H groups in total. The van der Waals surface area contributed by atoms with E-state index in [-0.39, 0.29) is 31.3 Å². The normalized spacial score (nSPS) is 22.0. The molecule has 1 heterocycles. The van der Waals surface area contributed by atoms with Gasteiger partial charge in [-0.25, -0.2) is 8.78 Å². The van der Waals surface area contributed by atoms with Crippen molar-refractivity contribution in [2.24, 2.45) is 0 Å². The Kier molecular flexibility index (Phi) is 6.94. The lowest BCUT2D eigenvalue weighted by Gasteiger charge is -2.24. The molecule has 0 saturated carbocycles. The van der Waals surface area contributed by atoms with Crippen LogP contribution in [0.4, 0.5) is 8.78 Å². The summed E-state index contributed by atoms with van der Waals surface area (Å²) in [4.78, 5) is 13.6. The van der Waals surface area contributed by atoms with Crippen LogP contribution in [0.2, 0.25) is 0 Å². The number of rotatable bonds is 5. The van der Waals surface area contributed by atoms with Gasteiger partial charge in [0.1, 0.15) is 0 Å². The first-order valence-corrected chi connectivity index (χ1v) is 5.90. The standard InChI is InChI=1S/C11H20F2N2O.ClH/c1-3-5-15(6-4-2)10(16)9-7-11(12,13)8-14-9;/h9,14H,3-8H2,1-2H3;1H. The summed E-state index contributed by atoms with van der Waals surface area (Å²) >= 11 is 0. The Morgan fingerprint density at radius 1 is 1.35 bits per heavy atom. The zero-order valence-electron chi connectivity index (χ0n) is 10.3. The number of carbonyl (C=O) groups is 1. The summed E-state index contributed by atoms with van der Waals surface area (Å²) in [5.41, 5.74) is 0. The summed E-state index contributed by atoms with van der Waals surface area (Å²) in [6.07, 6.45) is 1.35. The predicted octanol–water partition coefficient (Wildman–Crippen LogP) is 2.05. The first-order chi connectivity index (χ1) is 7.50. The number of nitrogens with one attached hydrogen (secondary N) is 1. The molecule has 0 bridgehead atoms. The summed E-state index contributed by atoms with van der Waals surface area (Å²) < 4.78 is 25.9. The van der Waals surface area contributed by atoms with Crippen LogP contribution in [-0.2, 0) is 4.79 Å². The van der Waals surface area contributed by atoms with Gasteiger partial charge in [-0.05, 0) is 12.8 Å². The minimum atomic E-state index is -2.73. The van der Waals surface area contributed by atoms with Gasteiger partial charge in [-0.1, -0.05) is 13.8 Å². The Bertz CT molecular complexity index is 242. The predicted molar refractivity (Wildman–Crippen MR) is 65.8 cm³/mol. The van der Waals surface area contributed by atoms with Crippen molar-refractivity contribution in [1.29, 1.82) is 0 Å². The molecular formula is C11H21ClF2N2O. The molecule has 0 aromatic heterocycles. The quantitative estimate of drug-likeness (QED) is 0.829. The van der Waals surface area contributed by atoms with Gasteiger partial charge < -0.3 is 4.90 Å². The van der Waals surface area contributed by atoms with E-state index in [4.69, 9.17) is 0 Å². The molecule has 0 spiro atoms. The summed E-state index contributed by atoms with van der Waals surface area (Å²) in [6, 6.07) is -0.701. The SMILES string of the molecule is CCCN(CCC)C(=O)C1CC(F)(F)CN1.Cl. The largest absolute Gasteiger partial charge is 0.341 e. The topological polar surface area (TPSA) is 32.3 Å². The monoisotopic (exact) mass is 270 g/mol. The van der Waals surface area contributed by atoms with Gasteiger partial charge in [-0.15, -0.1) is 12.4 Å². The number of amides is 1. The van der Waals surface area contributed by atoms with Gasteiger partial charge in [0.05, 0.1) is 12.6 Å². The van der Waals surface area contributed by atoms with E-state index in [1.54, 1.807) is 4.90 Å². The summed E-state index contributed by atoms with van der Waals surface area (Å²) in [6.45, 7) is 4.88. The van der Waals surface area contributed by atoms with Crippen molar-refractivity contribution >= 4 is 18.3 Å². The average Bonchev–Trinajstić information content (AvgIpc) is 2.57. The highest BCUT2D eigenvalue weighted by atomic mass is 35.5. The number of alkyl halides is 2. The van der Waals surface area contributed by atoms with Gasteiger partial charge >= 0.3 is 0 Å². The van der Waals surface area contributed by atoms with Gasteiger partial charge in [-0.3, -0.25) is 10.1 Å². The number of hydrogen-bond donors (Lipinski definition) is 1. The third kappa shape index (κ3) is 4.76. The van der Waals surface area contributed by atoms with E-state index < -0.39 is 12.0 Å². The first kappa shape index (κ1) is 16.6. The average molecular weight is 271 g/mol. The maximum absolute atomic E-state index is 13.0. The highest BCUT2D eigenvalue weighted by molar-refractivity contribution is 5.85. The van der Waals surface area contributed by atoms with E-state index in [9.17, 15) is 13.6 Å². The summed E-state index contributed by atoms with van der Waals surface area (Å²) in [5, 5.41) is 2.60. The van der Waals surface area contributed by atoms with Crippen LogP contribution in [0.5, 0.6) is 0 Å². The lowest BCUT2D eigenvalue weighted by molar-refractivity contribution is -0.133. The molecule has 1 fully saturated rings. The third-order valence-corrected chi connectivity index (χ3v) is 2.71. The van der Waals surface area contributed by atoms with Crippen LogP contribution in [0.25, 0.3) is 0 Å². The van der Waals surface area contributed by atoms with Crippen molar-refractivity contribution in [3.63, 3.8) is 0 Å². The Hall–Kier alpha value is -0.420. The van der Waals surface area contributed by atoms with E-state index in [1.165, 1.54) is 0 Å². The maximum atomic E-state index is 13.0. The van der Waals surface area contributed by atoms with Crippen LogP contribution in [-0.4, -0.2) is 42.4 Å². The molecule has 0 aromatic rings. The van der Waals surface area contributed by atoms with Crippen molar-refractivity contribution in [2.45, 2.75) is 45.1 Å². The number of hydrogen-bond acceptors (Lipinski definition) is 2. The molecule has 0 aromatic carbocycles. The molecule has 1 atom stereocenters. The lowest BCUT2D eigenvalue weighted by atomic mass is 10.1. The van der Waals surface area contributed by atoms with E-state index in [0.29, 0.717) is 13.1 Å². The van der Waals surface area contributed by atoms with Crippen LogP contribution in [0.1, 0.15) is 33.1 Å². The van der Waals surface area contributed by atoms with Crippen LogP contribution in [0.3, 0.4) is 0 Å². The molecule has 6 heteroatoms. The molecule has 0 aliphatic carbocycles. The van der Waals surface area contributed by atoms with Crippen LogP contribution in [0, 0.1) is 0 Å². The van der Waals surface area contributed by atoms with Crippen LogP contribution in [0.15, 0.2) is 0 Å². The molecular weight excluding hydrogens is 250 g/mol. The van der Waals surface area contributed by atoms with Crippen LogP contribution >= 0.6 is 12.4 Å². The van der Waals surface area contributed by atoms with Gasteiger partial charge in [-0.2, -0.15) is 0 Å². The molecule has 3 nitrogen and oxygen atoms in total. The third-order valence-electron chi connectivity index (χ3n) is 2.71. The Labute approximate surface area is 107 Å². The number of halogens is 3. The maximum Gasteiger partial charge on any atom is 0.262 e. The minimum absolute atomic E-state index is 0. The number of nitrogens with zero attached hydrogens (tertiary/aromatic N) is 1. The molecule has 1 aliphatic rings. The van der Waals surface area contributed by atoms with Gasteiger partial charge in [0.15, 0.2) is 0 Å². The Morgan fingerprint density at radius 2 is 1.88 bits per heavy atom. The van der Waals surface area contributed by atoms with E-state index in [2.05, 4.69) is 5.32 Å². The van der Waals surface area contributed by atoms with Crippen molar-refractivity contribution in [2.75, 3.05) is 19.6 Å². The van der Waals surface area contributed by atoms with Crippen molar-refractivity contribution in [1.82, 2.24) is 10.2 Å². The minimum Gasteiger partial charge on any atom is -0.341 e. The van der Waals surface area contributed by atoms with Crippen molar-refractivity contribution < 1.29 is 13.6 Å². The lowest BCUT2D eigenvalue weighted by Crippen LogP contribution is -2.44. The molecule has 1 unspecified atom stereocenters. The molecule has 1 aliphatic heterocycles. The van der Waals surface area contributed by atoms with Gasteiger partial charge in [0.2, 0.25) is 5.91 Å².